The Bertz CT molecular complexity index is 400. The van der Waals surface area contributed by atoms with Gasteiger partial charge in [-0.1, -0.05) is 0 Å². The van der Waals surface area contributed by atoms with Crippen molar-refractivity contribution in [3.8, 4) is 0 Å². The van der Waals surface area contributed by atoms with Gasteiger partial charge in [0.15, 0.2) is 0 Å². The lowest BCUT2D eigenvalue weighted by molar-refractivity contribution is 0.0737. The second kappa shape index (κ2) is 4.60. The minimum Gasteiger partial charge on any atom is -0.339 e. The van der Waals surface area contributed by atoms with Gasteiger partial charge in [-0.25, -0.2) is 8.78 Å². The number of likely N-dealkylation sites (tertiary alicyclic amines) is 1. The Morgan fingerprint density at radius 2 is 1.88 bits per heavy atom. The van der Waals surface area contributed by atoms with E-state index in [1.807, 2.05) is 0 Å². The Morgan fingerprint density at radius 1 is 1.19 bits per heavy atom. The molecule has 1 radical (unpaired) electrons. The SMILES string of the molecule is O=C(c1ccc(F)cc1F)N1CC[CH]CC1. The van der Waals surface area contributed by atoms with Gasteiger partial charge >= 0.3 is 0 Å². The molecule has 1 aromatic rings. The zero-order valence-corrected chi connectivity index (χ0v) is 8.75. The summed E-state index contributed by atoms with van der Waals surface area (Å²) < 4.78 is 26.0. The number of halogens is 2. The molecule has 1 aliphatic rings. The van der Waals surface area contributed by atoms with Gasteiger partial charge in [-0.3, -0.25) is 4.79 Å². The Kier molecular flexibility index (Phi) is 3.17. The lowest BCUT2D eigenvalue weighted by Crippen LogP contribution is -2.36. The predicted molar refractivity (Wildman–Crippen MR) is 55.8 cm³/mol. The van der Waals surface area contributed by atoms with E-state index in [0.717, 1.165) is 25.0 Å². The first-order valence-electron chi connectivity index (χ1n) is 5.24. The van der Waals surface area contributed by atoms with E-state index in [2.05, 4.69) is 6.42 Å². The molecule has 16 heavy (non-hydrogen) atoms. The van der Waals surface area contributed by atoms with Gasteiger partial charge in [-0.2, -0.15) is 0 Å². The second-order valence-corrected chi connectivity index (χ2v) is 3.78. The third kappa shape index (κ3) is 2.21. The lowest BCUT2D eigenvalue weighted by Gasteiger charge is -2.26. The molecular formula is C12H12F2NO. The van der Waals surface area contributed by atoms with Crippen LogP contribution in [-0.4, -0.2) is 23.9 Å². The van der Waals surface area contributed by atoms with Gasteiger partial charge in [0, 0.05) is 19.2 Å². The molecule has 4 heteroatoms. The predicted octanol–water partition coefficient (Wildman–Crippen LogP) is 2.41. The maximum Gasteiger partial charge on any atom is 0.256 e. The first-order valence-corrected chi connectivity index (χ1v) is 5.24. The zero-order chi connectivity index (χ0) is 11.5. The van der Waals surface area contributed by atoms with Crippen LogP contribution in [0.15, 0.2) is 18.2 Å². The van der Waals surface area contributed by atoms with E-state index in [1.54, 1.807) is 4.90 Å². The summed E-state index contributed by atoms with van der Waals surface area (Å²) in [4.78, 5) is 13.5. The minimum absolute atomic E-state index is 0.0525. The molecule has 1 aliphatic heterocycles. The van der Waals surface area contributed by atoms with Gasteiger partial charge in [0.25, 0.3) is 5.91 Å². The van der Waals surface area contributed by atoms with Crippen LogP contribution < -0.4 is 0 Å². The lowest BCUT2D eigenvalue weighted by atomic mass is 10.1. The summed E-state index contributed by atoms with van der Waals surface area (Å²) in [6.07, 6.45) is 3.76. The first kappa shape index (κ1) is 11.0. The van der Waals surface area contributed by atoms with Crippen LogP contribution in [0.4, 0.5) is 8.78 Å². The summed E-state index contributed by atoms with van der Waals surface area (Å²) in [5.41, 5.74) is -0.0525. The van der Waals surface area contributed by atoms with Crippen LogP contribution in [-0.2, 0) is 0 Å². The second-order valence-electron chi connectivity index (χ2n) is 3.78. The van der Waals surface area contributed by atoms with Crippen molar-refractivity contribution in [3.63, 3.8) is 0 Å². The number of hydrogen-bond donors (Lipinski definition) is 0. The van der Waals surface area contributed by atoms with E-state index < -0.39 is 11.6 Å². The third-order valence-corrected chi connectivity index (χ3v) is 2.66. The summed E-state index contributed by atoms with van der Waals surface area (Å²) >= 11 is 0. The van der Waals surface area contributed by atoms with Crippen molar-refractivity contribution in [1.29, 1.82) is 0 Å². The number of nitrogens with zero attached hydrogens (tertiary/aromatic N) is 1. The molecule has 0 spiro atoms. The normalized spacial score (nSPS) is 16.2. The van der Waals surface area contributed by atoms with Gasteiger partial charge in [0.1, 0.15) is 11.6 Å². The summed E-state index contributed by atoms with van der Waals surface area (Å²) in [5, 5.41) is 0. The zero-order valence-electron chi connectivity index (χ0n) is 8.75. The van der Waals surface area contributed by atoms with Crippen LogP contribution in [0.2, 0.25) is 0 Å². The van der Waals surface area contributed by atoms with Crippen molar-refractivity contribution in [2.45, 2.75) is 12.8 Å². The molecule has 2 nitrogen and oxygen atoms in total. The first-order chi connectivity index (χ1) is 7.68. The van der Waals surface area contributed by atoms with E-state index >= 15 is 0 Å². The monoisotopic (exact) mass is 224 g/mol. The van der Waals surface area contributed by atoms with Gasteiger partial charge in [-0.05, 0) is 31.4 Å². The molecule has 0 N–H and O–H groups in total. The Labute approximate surface area is 92.9 Å². The molecular weight excluding hydrogens is 212 g/mol. The van der Waals surface area contributed by atoms with Crippen LogP contribution in [0.3, 0.4) is 0 Å². The Balaban J connectivity index is 2.19. The van der Waals surface area contributed by atoms with Crippen molar-refractivity contribution in [2.24, 2.45) is 0 Å². The van der Waals surface area contributed by atoms with Gasteiger partial charge in [0.2, 0.25) is 0 Å². The fourth-order valence-electron chi connectivity index (χ4n) is 1.79. The summed E-state index contributed by atoms with van der Waals surface area (Å²) in [6.45, 7) is 1.21. The molecule has 85 valence electrons. The van der Waals surface area contributed by atoms with Crippen molar-refractivity contribution >= 4 is 5.91 Å². The maximum absolute atomic E-state index is 13.4. The number of carbonyl (C=O) groups is 1. The standard InChI is InChI=1S/C12H12F2NO/c13-9-4-5-10(11(14)8-9)12(16)15-6-2-1-3-7-15/h1,4-5,8H,2-3,6-7H2. The highest BCUT2D eigenvalue weighted by molar-refractivity contribution is 5.94. The molecule has 1 saturated heterocycles. The number of piperidine rings is 1. The highest BCUT2D eigenvalue weighted by Gasteiger charge is 2.21. The number of amides is 1. The minimum atomic E-state index is -0.792. The van der Waals surface area contributed by atoms with Gasteiger partial charge in [0.05, 0.1) is 5.56 Å². The van der Waals surface area contributed by atoms with Crippen molar-refractivity contribution in [1.82, 2.24) is 4.90 Å². The molecule has 0 atom stereocenters. The smallest absolute Gasteiger partial charge is 0.256 e. The Hall–Kier alpha value is -1.45. The van der Waals surface area contributed by atoms with Crippen molar-refractivity contribution in [2.75, 3.05) is 13.1 Å². The summed E-state index contributed by atoms with van der Waals surface area (Å²) in [6, 6.07) is 3.04. The maximum atomic E-state index is 13.4. The van der Waals surface area contributed by atoms with Crippen molar-refractivity contribution in [3.05, 3.63) is 41.8 Å². The molecule has 0 saturated carbocycles. The topological polar surface area (TPSA) is 20.3 Å². The van der Waals surface area contributed by atoms with Gasteiger partial charge < -0.3 is 4.90 Å². The molecule has 0 aliphatic carbocycles. The van der Waals surface area contributed by atoms with Gasteiger partial charge in [-0.15, -0.1) is 0 Å². The van der Waals surface area contributed by atoms with Crippen molar-refractivity contribution < 1.29 is 13.6 Å². The van der Waals surface area contributed by atoms with Crippen LogP contribution in [0.5, 0.6) is 0 Å². The number of carbonyl (C=O) groups excluding carboxylic acids is 1. The average molecular weight is 224 g/mol. The quantitative estimate of drug-likeness (QED) is 0.717. The highest BCUT2D eigenvalue weighted by atomic mass is 19.1. The van der Waals surface area contributed by atoms with Crippen LogP contribution >= 0.6 is 0 Å². The molecule has 2 rings (SSSR count). The third-order valence-electron chi connectivity index (χ3n) is 2.66. The molecule has 1 aromatic carbocycles. The molecule has 0 aromatic heterocycles. The highest BCUT2D eigenvalue weighted by Crippen LogP contribution is 2.15. The van der Waals surface area contributed by atoms with E-state index in [4.69, 9.17) is 0 Å². The fourth-order valence-corrected chi connectivity index (χ4v) is 1.79. The van der Waals surface area contributed by atoms with Crippen LogP contribution in [0.1, 0.15) is 23.2 Å². The van der Waals surface area contributed by atoms with E-state index in [1.165, 1.54) is 6.07 Å². The van der Waals surface area contributed by atoms with Crippen LogP contribution in [0.25, 0.3) is 0 Å². The average Bonchev–Trinajstić information content (AvgIpc) is 2.29. The van der Waals surface area contributed by atoms with Crippen LogP contribution in [0, 0.1) is 18.1 Å². The number of benzene rings is 1. The molecule has 1 amide bonds. The number of rotatable bonds is 1. The van der Waals surface area contributed by atoms with E-state index in [0.29, 0.717) is 13.1 Å². The molecule has 1 fully saturated rings. The van der Waals surface area contributed by atoms with E-state index in [-0.39, 0.29) is 11.5 Å². The summed E-state index contributed by atoms with van der Waals surface area (Å²) in [5.74, 6) is -1.81. The Morgan fingerprint density at radius 3 is 2.50 bits per heavy atom. The summed E-state index contributed by atoms with van der Waals surface area (Å²) in [7, 11) is 0. The van der Waals surface area contributed by atoms with E-state index in [9.17, 15) is 13.6 Å². The molecule has 0 unspecified atom stereocenters. The largest absolute Gasteiger partial charge is 0.339 e. The number of hydrogen-bond acceptors (Lipinski definition) is 1. The molecule has 0 bridgehead atoms. The molecule has 1 heterocycles. The fraction of sp³-hybridized carbons (Fsp3) is 0.333.